The predicted molar refractivity (Wildman–Crippen MR) is 101 cm³/mol. The Morgan fingerprint density at radius 2 is 1.93 bits per heavy atom. The lowest BCUT2D eigenvalue weighted by Gasteiger charge is -2.32. The zero-order valence-electron chi connectivity index (χ0n) is 15.3. The molecule has 0 spiro atoms. The Bertz CT molecular complexity index is 883. The summed E-state index contributed by atoms with van der Waals surface area (Å²) in [6.07, 6.45) is -3.02. The average Bonchev–Trinajstić information content (AvgIpc) is 3.39. The number of carbonyl (C=O) groups excluding carboxylic acids is 2. The van der Waals surface area contributed by atoms with Gasteiger partial charge in [-0.1, -0.05) is 18.2 Å². The minimum atomic E-state index is -4.73. The van der Waals surface area contributed by atoms with Gasteiger partial charge in [-0.15, -0.1) is 24.5 Å². The van der Waals surface area contributed by atoms with Gasteiger partial charge < -0.3 is 15.0 Å². The summed E-state index contributed by atoms with van der Waals surface area (Å²) in [6, 6.07) is 9.14. The Hall–Kier alpha value is -2.55. The van der Waals surface area contributed by atoms with Crippen LogP contribution in [0.2, 0.25) is 0 Å². The van der Waals surface area contributed by atoms with E-state index in [-0.39, 0.29) is 42.0 Å². The molecule has 1 N–H and O–H groups in total. The summed E-state index contributed by atoms with van der Waals surface area (Å²) in [5.41, 5.74) is 0.634. The van der Waals surface area contributed by atoms with Crippen LogP contribution < -0.4 is 10.1 Å². The molecule has 1 saturated carbocycles. The van der Waals surface area contributed by atoms with Crippen LogP contribution in [0.3, 0.4) is 0 Å². The molecular weight excluding hydrogens is 405 g/mol. The van der Waals surface area contributed by atoms with Crippen molar-refractivity contribution in [3.63, 3.8) is 0 Å². The molecule has 1 aromatic heterocycles. The summed E-state index contributed by atoms with van der Waals surface area (Å²) >= 11 is 1.40. The van der Waals surface area contributed by atoms with Crippen LogP contribution in [-0.4, -0.2) is 41.7 Å². The van der Waals surface area contributed by atoms with Crippen LogP contribution in [0.25, 0.3) is 0 Å². The molecule has 2 aromatic rings. The summed E-state index contributed by atoms with van der Waals surface area (Å²) in [6.45, 7) is 0.591. The lowest BCUT2D eigenvalue weighted by molar-refractivity contribution is -0.274. The molecule has 1 aliphatic carbocycles. The molecule has 4 rings (SSSR count). The second kappa shape index (κ2) is 7.70. The van der Waals surface area contributed by atoms with E-state index in [1.165, 1.54) is 35.6 Å². The van der Waals surface area contributed by atoms with Crippen molar-refractivity contribution in [3.8, 4) is 5.75 Å². The molecule has 3 unspecified atom stereocenters. The number of piperidine rings is 1. The number of hydrogen-bond acceptors (Lipinski definition) is 4. The second-order valence-corrected chi connectivity index (χ2v) is 8.30. The molecule has 29 heavy (non-hydrogen) atoms. The number of alkyl halides is 3. The van der Waals surface area contributed by atoms with Crippen molar-refractivity contribution in [2.75, 3.05) is 6.54 Å². The molecule has 154 valence electrons. The van der Waals surface area contributed by atoms with Crippen LogP contribution in [0.5, 0.6) is 5.75 Å². The minimum absolute atomic E-state index is 0.0509. The number of carbonyl (C=O) groups is 2. The molecule has 3 atom stereocenters. The molecule has 0 radical (unpaired) electrons. The van der Waals surface area contributed by atoms with Gasteiger partial charge in [0.2, 0.25) is 5.91 Å². The van der Waals surface area contributed by atoms with Crippen LogP contribution >= 0.6 is 11.3 Å². The maximum absolute atomic E-state index is 12.7. The molecule has 2 fully saturated rings. The van der Waals surface area contributed by atoms with Crippen molar-refractivity contribution in [2.24, 2.45) is 5.92 Å². The van der Waals surface area contributed by atoms with E-state index in [0.717, 1.165) is 12.8 Å². The minimum Gasteiger partial charge on any atom is -0.406 e. The molecular formula is C20H19F3N2O3S. The van der Waals surface area contributed by atoms with Gasteiger partial charge in [0.25, 0.3) is 5.91 Å². The summed E-state index contributed by atoms with van der Waals surface area (Å²) in [4.78, 5) is 27.4. The van der Waals surface area contributed by atoms with Crippen LogP contribution in [-0.2, 0) is 11.2 Å². The molecule has 2 bridgehead atoms. The zero-order chi connectivity index (χ0) is 20.6. The zero-order valence-corrected chi connectivity index (χ0v) is 16.1. The molecule has 2 aliphatic rings. The van der Waals surface area contributed by atoms with Crippen molar-refractivity contribution < 1.29 is 27.5 Å². The highest BCUT2D eigenvalue weighted by Crippen LogP contribution is 2.38. The van der Waals surface area contributed by atoms with E-state index in [1.807, 2.05) is 16.3 Å². The number of benzene rings is 1. The summed E-state index contributed by atoms with van der Waals surface area (Å²) in [5, 5.41) is 4.93. The highest BCUT2D eigenvalue weighted by atomic mass is 32.1. The lowest BCUT2D eigenvalue weighted by Crippen LogP contribution is -2.48. The third-order valence-electron chi connectivity index (χ3n) is 5.44. The summed E-state index contributed by atoms with van der Waals surface area (Å²) in [5.74, 6) is -0.199. The monoisotopic (exact) mass is 424 g/mol. The topological polar surface area (TPSA) is 58.6 Å². The highest BCUT2D eigenvalue weighted by Gasteiger charge is 2.46. The standard InChI is InChI=1S/C20H19F3N2O3S/c21-20(22,23)28-15-5-3-12(4-6-15)8-18(26)25-11-13-9-14(25)10-16(13)24-19(27)17-2-1-7-29-17/h1-7,13-14,16H,8-11H2,(H,24,27). The van der Waals surface area contributed by atoms with E-state index in [0.29, 0.717) is 17.0 Å². The molecule has 9 heteroatoms. The number of rotatable bonds is 5. The smallest absolute Gasteiger partial charge is 0.406 e. The Morgan fingerprint density at radius 1 is 1.17 bits per heavy atom. The van der Waals surface area contributed by atoms with Gasteiger partial charge in [0, 0.05) is 18.6 Å². The molecule has 2 heterocycles. The van der Waals surface area contributed by atoms with E-state index in [2.05, 4.69) is 10.1 Å². The largest absolute Gasteiger partial charge is 0.573 e. The lowest BCUT2D eigenvalue weighted by atomic mass is 10.0. The quantitative estimate of drug-likeness (QED) is 0.798. The van der Waals surface area contributed by atoms with Crippen molar-refractivity contribution in [2.45, 2.75) is 37.7 Å². The van der Waals surface area contributed by atoms with E-state index >= 15 is 0 Å². The summed E-state index contributed by atoms with van der Waals surface area (Å²) in [7, 11) is 0. The summed E-state index contributed by atoms with van der Waals surface area (Å²) < 4.78 is 40.5. The third-order valence-corrected chi connectivity index (χ3v) is 6.30. The third kappa shape index (κ3) is 4.55. The first-order chi connectivity index (χ1) is 13.8. The van der Waals surface area contributed by atoms with Gasteiger partial charge in [0.05, 0.1) is 11.3 Å². The fraction of sp³-hybridized carbons (Fsp3) is 0.400. The second-order valence-electron chi connectivity index (χ2n) is 7.36. The van der Waals surface area contributed by atoms with Gasteiger partial charge in [-0.2, -0.15) is 0 Å². The van der Waals surface area contributed by atoms with Crippen molar-refractivity contribution in [1.82, 2.24) is 10.2 Å². The van der Waals surface area contributed by atoms with E-state index in [9.17, 15) is 22.8 Å². The Labute approximate surface area is 169 Å². The van der Waals surface area contributed by atoms with E-state index in [1.54, 1.807) is 6.07 Å². The fourth-order valence-electron chi connectivity index (χ4n) is 4.17. The molecule has 1 aliphatic heterocycles. The SMILES string of the molecule is O=C(NC1CC2CC1CN2C(=O)Cc1ccc(OC(F)(F)F)cc1)c1cccs1. The van der Waals surface area contributed by atoms with Crippen molar-refractivity contribution in [1.29, 1.82) is 0 Å². The fourth-order valence-corrected chi connectivity index (χ4v) is 4.79. The van der Waals surface area contributed by atoms with Gasteiger partial charge in [-0.25, -0.2) is 0 Å². The van der Waals surface area contributed by atoms with Crippen LogP contribution in [0, 0.1) is 5.92 Å². The highest BCUT2D eigenvalue weighted by molar-refractivity contribution is 7.12. The molecule has 1 aromatic carbocycles. The van der Waals surface area contributed by atoms with E-state index < -0.39 is 6.36 Å². The maximum Gasteiger partial charge on any atom is 0.573 e. The Kier molecular flexibility index (Phi) is 5.24. The number of amides is 2. The number of nitrogens with one attached hydrogen (secondary N) is 1. The number of likely N-dealkylation sites (tertiary alicyclic amines) is 1. The predicted octanol–water partition coefficient (Wildman–Crippen LogP) is 3.61. The number of halogens is 3. The van der Waals surface area contributed by atoms with Gasteiger partial charge in [-0.05, 0) is 47.9 Å². The Balaban J connectivity index is 1.30. The normalized spacial score (nSPS) is 23.3. The van der Waals surface area contributed by atoms with Crippen LogP contribution in [0.1, 0.15) is 28.1 Å². The number of nitrogens with zero attached hydrogens (tertiary/aromatic N) is 1. The van der Waals surface area contributed by atoms with Crippen LogP contribution in [0.4, 0.5) is 13.2 Å². The van der Waals surface area contributed by atoms with Crippen molar-refractivity contribution >= 4 is 23.2 Å². The first-order valence-corrected chi connectivity index (χ1v) is 10.1. The van der Waals surface area contributed by atoms with E-state index in [4.69, 9.17) is 0 Å². The van der Waals surface area contributed by atoms with Gasteiger partial charge in [-0.3, -0.25) is 9.59 Å². The first-order valence-electron chi connectivity index (χ1n) is 9.27. The van der Waals surface area contributed by atoms with Crippen molar-refractivity contribution in [3.05, 3.63) is 52.2 Å². The number of ether oxygens (including phenoxy) is 1. The Morgan fingerprint density at radius 3 is 2.52 bits per heavy atom. The van der Waals surface area contributed by atoms with Gasteiger partial charge in [0.1, 0.15) is 5.75 Å². The molecule has 1 saturated heterocycles. The molecule has 5 nitrogen and oxygen atoms in total. The number of fused-ring (bicyclic) bond motifs is 2. The maximum atomic E-state index is 12.7. The number of thiophene rings is 1. The van der Waals surface area contributed by atoms with Crippen LogP contribution in [0.15, 0.2) is 41.8 Å². The number of hydrogen-bond donors (Lipinski definition) is 1. The van der Waals surface area contributed by atoms with Gasteiger partial charge >= 0.3 is 6.36 Å². The first kappa shape index (κ1) is 19.8. The van der Waals surface area contributed by atoms with Gasteiger partial charge in [0.15, 0.2) is 0 Å². The average molecular weight is 424 g/mol. The molecule has 2 amide bonds.